The number of halogens is 2. The molecule has 7 heteroatoms. The third-order valence-electron chi connectivity index (χ3n) is 2.76. The number of benzene rings is 2. The predicted molar refractivity (Wildman–Crippen MR) is 88.3 cm³/mol. The number of amides is 1. The second-order valence-electron chi connectivity index (χ2n) is 4.43. The molecule has 2 aromatic rings. The number of ether oxygens (including phenoxy) is 2. The zero-order valence-corrected chi connectivity index (χ0v) is 13.8. The van der Waals surface area contributed by atoms with Gasteiger partial charge in [-0.25, -0.2) is 9.82 Å². The van der Waals surface area contributed by atoms with Gasteiger partial charge in [0, 0.05) is 4.47 Å². The Bertz CT molecular complexity index is 705. The number of hydrogen-bond donors (Lipinski definition) is 1. The molecule has 0 aliphatic rings. The monoisotopic (exact) mass is 380 g/mol. The van der Waals surface area contributed by atoms with Crippen molar-refractivity contribution in [2.24, 2.45) is 5.10 Å². The molecule has 0 atom stereocenters. The summed E-state index contributed by atoms with van der Waals surface area (Å²) in [5.41, 5.74) is 2.80. The number of hydrazone groups is 1. The average Bonchev–Trinajstić information content (AvgIpc) is 2.54. The predicted octanol–water partition coefficient (Wildman–Crippen LogP) is 3.13. The minimum Gasteiger partial charge on any atom is -0.494 e. The summed E-state index contributed by atoms with van der Waals surface area (Å²) < 4.78 is 24.5. The van der Waals surface area contributed by atoms with E-state index in [9.17, 15) is 9.18 Å². The van der Waals surface area contributed by atoms with Crippen LogP contribution >= 0.6 is 15.9 Å². The molecule has 2 aromatic carbocycles. The van der Waals surface area contributed by atoms with Crippen LogP contribution in [0.3, 0.4) is 0 Å². The molecular weight excluding hydrogens is 367 g/mol. The van der Waals surface area contributed by atoms with Gasteiger partial charge in [0.2, 0.25) is 0 Å². The van der Waals surface area contributed by atoms with Gasteiger partial charge in [-0.3, -0.25) is 4.79 Å². The lowest BCUT2D eigenvalue weighted by atomic mass is 10.2. The van der Waals surface area contributed by atoms with E-state index in [2.05, 4.69) is 26.5 Å². The highest BCUT2D eigenvalue weighted by atomic mass is 79.9. The summed E-state index contributed by atoms with van der Waals surface area (Å²) in [7, 11) is 1.39. The first-order valence-corrected chi connectivity index (χ1v) is 7.41. The fraction of sp³-hybridized carbons (Fsp3) is 0.125. The Morgan fingerprint density at radius 2 is 2.04 bits per heavy atom. The number of carbonyl (C=O) groups is 1. The zero-order valence-electron chi connectivity index (χ0n) is 12.3. The number of rotatable bonds is 6. The zero-order chi connectivity index (χ0) is 16.7. The fourth-order valence-electron chi connectivity index (χ4n) is 1.65. The van der Waals surface area contributed by atoms with Gasteiger partial charge in [0.15, 0.2) is 18.2 Å². The molecule has 0 radical (unpaired) electrons. The van der Waals surface area contributed by atoms with E-state index in [-0.39, 0.29) is 12.4 Å². The van der Waals surface area contributed by atoms with Crippen LogP contribution in [0.25, 0.3) is 0 Å². The van der Waals surface area contributed by atoms with Gasteiger partial charge in [0.25, 0.3) is 5.91 Å². The van der Waals surface area contributed by atoms with Crippen molar-refractivity contribution in [3.05, 3.63) is 58.3 Å². The lowest BCUT2D eigenvalue weighted by molar-refractivity contribution is -0.123. The summed E-state index contributed by atoms with van der Waals surface area (Å²) in [6.45, 7) is -0.171. The summed E-state index contributed by atoms with van der Waals surface area (Å²) in [5, 5.41) is 3.75. The minimum atomic E-state index is -0.499. The Kier molecular flexibility index (Phi) is 6.10. The van der Waals surface area contributed by atoms with Crippen LogP contribution in [0.1, 0.15) is 5.56 Å². The first-order chi connectivity index (χ1) is 11.1. The standard InChI is InChI=1S/C16H14BrFN2O3/c1-22-15-7-2-11(8-14(15)18)9-19-20-16(21)10-23-13-5-3-12(17)4-6-13/h2-9H,10H2,1H3,(H,20,21)/b19-9-. The van der Waals surface area contributed by atoms with Gasteiger partial charge in [0.05, 0.1) is 13.3 Å². The highest BCUT2D eigenvalue weighted by molar-refractivity contribution is 9.10. The van der Waals surface area contributed by atoms with Gasteiger partial charge in [-0.15, -0.1) is 0 Å². The molecule has 0 aromatic heterocycles. The molecule has 0 saturated heterocycles. The largest absolute Gasteiger partial charge is 0.494 e. The summed E-state index contributed by atoms with van der Waals surface area (Å²) >= 11 is 3.31. The van der Waals surface area contributed by atoms with Crippen LogP contribution in [0.4, 0.5) is 4.39 Å². The normalized spacial score (nSPS) is 10.6. The molecule has 0 fully saturated rings. The van der Waals surface area contributed by atoms with Gasteiger partial charge >= 0.3 is 0 Å². The third kappa shape index (κ3) is 5.37. The van der Waals surface area contributed by atoms with Crippen LogP contribution in [0.15, 0.2) is 52.0 Å². The third-order valence-corrected chi connectivity index (χ3v) is 3.29. The number of nitrogens with one attached hydrogen (secondary N) is 1. The van der Waals surface area contributed by atoms with Crippen molar-refractivity contribution in [2.75, 3.05) is 13.7 Å². The smallest absolute Gasteiger partial charge is 0.277 e. The highest BCUT2D eigenvalue weighted by Gasteiger charge is 2.03. The maximum Gasteiger partial charge on any atom is 0.277 e. The van der Waals surface area contributed by atoms with Crippen LogP contribution in [0.2, 0.25) is 0 Å². The Labute approximate surface area is 141 Å². The van der Waals surface area contributed by atoms with Crippen molar-refractivity contribution in [3.63, 3.8) is 0 Å². The fourth-order valence-corrected chi connectivity index (χ4v) is 1.92. The Morgan fingerprint density at radius 3 is 2.70 bits per heavy atom. The van der Waals surface area contributed by atoms with Gasteiger partial charge in [-0.2, -0.15) is 5.10 Å². The van der Waals surface area contributed by atoms with Crippen molar-refractivity contribution in [1.29, 1.82) is 0 Å². The van der Waals surface area contributed by atoms with Crippen molar-refractivity contribution >= 4 is 28.1 Å². The van der Waals surface area contributed by atoms with Crippen LogP contribution in [0.5, 0.6) is 11.5 Å². The first kappa shape index (κ1) is 17.0. The van der Waals surface area contributed by atoms with E-state index in [0.717, 1.165) is 4.47 Å². The second kappa shape index (κ2) is 8.28. The summed E-state index contributed by atoms with van der Waals surface area (Å²) in [6.07, 6.45) is 1.33. The van der Waals surface area contributed by atoms with Crippen molar-refractivity contribution in [1.82, 2.24) is 5.43 Å². The summed E-state index contributed by atoms with van der Waals surface area (Å²) in [6, 6.07) is 11.5. The van der Waals surface area contributed by atoms with E-state index >= 15 is 0 Å². The first-order valence-electron chi connectivity index (χ1n) is 6.62. The lowest BCUT2D eigenvalue weighted by Crippen LogP contribution is -2.24. The van der Waals surface area contributed by atoms with E-state index in [4.69, 9.17) is 9.47 Å². The Balaban J connectivity index is 1.81. The number of methoxy groups -OCH3 is 1. The molecule has 0 aliphatic carbocycles. The summed E-state index contributed by atoms with van der Waals surface area (Å²) in [5.74, 6) is -0.196. The van der Waals surface area contributed by atoms with Crippen molar-refractivity contribution < 1.29 is 18.7 Å². The topological polar surface area (TPSA) is 59.9 Å². The van der Waals surface area contributed by atoms with Gasteiger partial charge in [0.1, 0.15) is 5.75 Å². The Morgan fingerprint density at radius 1 is 1.30 bits per heavy atom. The van der Waals surface area contributed by atoms with Crippen LogP contribution in [0, 0.1) is 5.82 Å². The van der Waals surface area contributed by atoms with Crippen LogP contribution < -0.4 is 14.9 Å². The van der Waals surface area contributed by atoms with Crippen LogP contribution in [-0.2, 0) is 4.79 Å². The molecule has 0 bridgehead atoms. The molecule has 2 rings (SSSR count). The van der Waals surface area contributed by atoms with E-state index in [1.807, 2.05) is 12.1 Å². The number of hydrogen-bond acceptors (Lipinski definition) is 4. The number of nitrogens with zero attached hydrogens (tertiary/aromatic N) is 1. The molecular formula is C16H14BrFN2O3. The molecule has 0 unspecified atom stereocenters. The second-order valence-corrected chi connectivity index (χ2v) is 5.35. The molecule has 0 saturated carbocycles. The molecule has 0 heterocycles. The quantitative estimate of drug-likeness (QED) is 0.618. The van der Waals surface area contributed by atoms with E-state index < -0.39 is 11.7 Å². The summed E-state index contributed by atoms with van der Waals surface area (Å²) in [4.78, 5) is 11.6. The average molecular weight is 381 g/mol. The molecule has 5 nitrogen and oxygen atoms in total. The lowest BCUT2D eigenvalue weighted by Gasteiger charge is -2.05. The maximum atomic E-state index is 13.5. The number of carbonyl (C=O) groups excluding carboxylic acids is 1. The molecule has 0 spiro atoms. The van der Waals surface area contributed by atoms with Crippen molar-refractivity contribution in [2.45, 2.75) is 0 Å². The molecule has 0 aliphatic heterocycles. The molecule has 1 amide bonds. The highest BCUT2D eigenvalue weighted by Crippen LogP contribution is 2.17. The van der Waals surface area contributed by atoms with Gasteiger partial charge in [-0.05, 0) is 48.0 Å². The molecule has 120 valence electrons. The van der Waals surface area contributed by atoms with E-state index in [0.29, 0.717) is 11.3 Å². The Hall–Kier alpha value is -2.41. The van der Waals surface area contributed by atoms with Crippen LogP contribution in [-0.4, -0.2) is 25.8 Å². The minimum absolute atomic E-state index is 0.147. The van der Waals surface area contributed by atoms with Gasteiger partial charge < -0.3 is 9.47 Å². The van der Waals surface area contributed by atoms with Gasteiger partial charge in [-0.1, -0.05) is 15.9 Å². The molecule has 23 heavy (non-hydrogen) atoms. The van der Waals surface area contributed by atoms with E-state index in [1.165, 1.54) is 25.5 Å². The SMILES string of the molecule is COc1ccc(/C=N\NC(=O)COc2ccc(Br)cc2)cc1F. The maximum absolute atomic E-state index is 13.5. The van der Waals surface area contributed by atoms with Crippen molar-refractivity contribution in [3.8, 4) is 11.5 Å². The van der Waals surface area contributed by atoms with E-state index in [1.54, 1.807) is 18.2 Å². The molecule has 1 N–H and O–H groups in total.